The third-order valence-corrected chi connectivity index (χ3v) is 6.23. The predicted octanol–water partition coefficient (Wildman–Crippen LogP) is 1.04. The SMILES string of the molecule is CNC(=O)CNCC(=O)N[C@@H](C)C12CC3CC(CC(C3)C1)C2. The molecule has 0 heterocycles. The molecular formula is C17H29N3O2. The quantitative estimate of drug-likeness (QED) is 0.687. The summed E-state index contributed by atoms with van der Waals surface area (Å²) in [6.07, 6.45) is 8.17. The second kappa shape index (κ2) is 6.19. The number of carbonyl (C=O) groups excluding carboxylic acids is 2. The van der Waals surface area contributed by atoms with Gasteiger partial charge in [-0.15, -0.1) is 0 Å². The maximum absolute atomic E-state index is 12.1. The third kappa shape index (κ3) is 3.14. The van der Waals surface area contributed by atoms with Crippen molar-refractivity contribution in [2.24, 2.45) is 23.2 Å². The summed E-state index contributed by atoms with van der Waals surface area (Å²) in [7, 11) is 1.60. The summed E-state index contributed by atoms with van der Waals surface area (Å²) in [4.78, 5) is 23.3. The first kappa shape index (κ1) is 15.8. The van der Waals surface area contributed by atoms with Crippen molar-refractivity contribution in [2.45, 2.75) is 51.5 Å². The maximum Gasteiger partial charge on any atom is 0.234 e. The van der Waals surface area contributed by atoms with Gasteiger partial charge in [0.2, 0.25) is 11.8 Å². The van der Waals surface area contributed by atoms with Crippen molar-refractivity contribution in [1.29, 1.82) is 0 Å². The fraction of sp³-hybridized carbons (Fsp3) is 0.882. The van der Waals surface area contributed by atoms with E-state index in [1.807, 2.05) is 0 Å². The van der Waals surface area contributed by atoms with Gasteiger partial charge in [-0.25, -0.2) is 0 Å². The van der Waals surface area contributed by atoms with Crippen LogP contribution in [0.5, 0.6) is 0 Å². The van der Waals surface area contributed by atoms with Gasteiger partial charge in [-0.3, -0.25) is 14.9 Å². The van der Waals surface area contributed by atoms with Crippen LogP contribution in [0.1, 0.15) is 45.4 Å². The predicted molar refractivity (Wildman–Crippen MR) is 85.1 cm³/mol. The minimum atomic E-state index is -0.0954. The van der Waals surface area contributed by atoms with Gasteiger partial charge in [-0.2, -0.15) is 0 Å². The Morgan fingerprint density at radius 2 is 1.50 bits per heavy atom. The molecule has 4 saturated carbocycles. The highest BCUT2D eigenvalue weighted by molar-refractivity contribution is 5.81. The van der Waals surface area contributed by atoms with Gasteiger partial charge in [0.05, 0.1) is 13.1 Å². The zero-order chi connectivity index (χ0) is 15.7. The van der Waals surface area contributed by atoms with Crippen molar-refractivity contribution in [1.82, 2.24) is 16.0 Å². The van der Waals surface area contributed by atoms with Crippen LogP contribution in [0.4, 0.5) is 0 Å². The lowest BCUT2D eigenvalue weighted by atomic mass is 9.48. The largest absolute Gasteiger partial charge is 0.358 e. The van der Waals surface area contributed by atoms with E-state index in [0.29, 0.717) is 5.41 Å². The fourth-order valence-electron chi connectivity index (χ4n) is 5.53. The minimum Gasteiger partial charge on any atom is -0.358 e. The summed E-state index contributed by atoms with van der Waals surface area (Å²) in [6, 6.07) is 0.246. The molecule has 0 unspecified atom stereocenters. The molecule has 3 N–H and O–H groups in total. The van der Waals surface area contributed by atoms with Crippen LogP contribution in [0.15, 0.2) is 0 Å². The zero-order valence-corrected chi connectivity index (χ0v) is 13.8. The molecule has 4 aliphatic carbocycles. The van der Waals surface area contributed by atoms with Crippen LogP contribution in [0.2, 0.25) is 0 Å². The summed E-state index contributed by atoms with van der Waals surface area (Å²) < 4.78 is 0. The molecule has 0 radical (unpaired) electrons. The van der Waals surface area contributed by atoms with E-state index in [1.165, 1.54) is 38.5 Å². The average Bonchev–Trinajstić information content (AvgIpc) is 2.45. The number of nitrogens with one attached hydrogen (secondary N) is 3. The lowest BCUT2D eigenvalue weighted by Gasteiger charge is -2.59. The second-order valence-electron chi connectivity index (χ2n) is 7.85. The van der Waals surface area contributed by atoms with E-state index >= 15 is 0 Å². The number of rotatable bonds is 6. The molecule has 5 heteroatoms. The molecule has 0 aliphatic heterocycles. The van der Waals surface area contributed by atoms with E-state index < -0.39 is 0 Å². The Hall–Kier alpha value is -1.10. The third-order valence-electron chi connectivity index (χ3n) is 6.23. The van der Waals surface area contributed by atoms with Gasteiger partial charge in [-0.1, -0.05) is 0 Å². The van der Waals surface area contributed by atoms with Gasteiger partial charge in [0.1, 0.15) is 0 Å². The van der Waals surface area contributed by atoms with Crippen LogP contribution in [-0.4, -0.2) is 38.0 Å². The van der Waals surface area contributed by atoms with E-state index in [4.69, 9.17) is 0 Å². The van der Waals surface area contributed by atoms with Crippen LogP contribution < -0.4 is 16.0 Å². The van der Waals surface area contributed by atoms with E-state index in [-0.39, 0.29) is 30.9 Å². The summed E-state index contributed by atoms with van der Waals surface area (Å²) in [5.74, 6) is 2.61. The van der Waals surface area contributed by atoms with E-state index in [9.17, 15) is 9.59 Å². The molecule has 4 fully saturated rings. The highest BCUT2D eigenvalue weighted by Crippen LogP contribution is 2.61. The molecule has 4 rings (SSSR count). The van der Waals surface area contributed by atoms with Crippen molar-refractivity contribution in [2.75, 3.05) is 20.1 Å². The summed E-state index contributed by atoms with van der Waals surface area (Å²) in [6.45, 7) is 2.59. The van der Waals surface area contributed by atoms with Gasteiger partial charge in [0.15, 0.2) is 0 Å². The Kier molecular flexibility index (Phi) is 4.44. The number of hydrogen-bond acceptors (Lipinski definition) is 3. The molecule has 4 aliphatic rings. The minimum absolute atomic E-state index is 0.00662. The number of likely N-dealkylation sites (N-methyl/N-ethyl adjacent to an activating group) is 1. The van der Waals surface area contributed by atoms with Crippen LogP contribution in [-0.2, 0) is 9.59 Å². The first-order valence-corrected chi connectivity index (χ1v) is 8.71. The Morgan fingerprint density at radius 1 is 1.00 bits per heavy atom. The summed E-state index contributed by atoms with van der Waals surface area (Å²) >= 11 is 0. The zero-order valence-electron chi connectivity index (χ0n) is 13.8. The molecule has 2 amide bonds. The monoisotopic (exact) mass is 307 g/mol. The Morgan fingerprint density at radius 3 is 2.00 bits per heavy atom. The van der Waals surface area contributed by atoms with Crippen molar-refractivity contribution >= 4 is 11.8 Å². The Balaban J connectivity index is 1.50. The molecule has 1 atom stereocenters. The Bertz CT molecular complexity index is 414. The molecule has 4 bridgehead atoms. The lowest BCUT2D eigenvalue weighted by molar-refractivity contribution is -0.125. The molecule has 0 aromatic heterocycles. The number of hydrogen-bond donors (Lipinski definition) is 3. The van der Waals surface area contributed by atoms with Gasteiger partial charge in [0.25, 0.3) is 0 Å². The Labute approximate surface area is 133 Å². The van der Waals surface area contributed by atoms with Gasteiger partial charge in [0, 0.05) is 13.1 Å². The van der Waals surface area contributed by atoms with Crippen molar-refractivity contribution in [3.8, 4) is 0 Å². The second-order valence-corrected chi connectivity index (χ2v) is 7.85. The molecule has 22 heavy (non-hydrogen) atoms. The standard InChI is InChI=1S/C17H29N3O2/c1-11(20-16(22)10-19-9-15(21)18-2)17-6-12-3-13(7-17)5-14(4-12)8-17/h11-14,19H,3-10H2,1-2H3,(H,18,21)(H,20,22)/t11-,12?,13?,14?,17?/m0/s1. The molecule has 0 aromatic carbocycles. The van der Waals surface area contributed by atoms with E-state index in [2.05, 4.69) is 22.9 Å². The van der Waals surface area contributed by atoms with Gasteiger partial charge < -0.3 is 10.6 Å². The molecule has 0 spiro atoms. The van der Waals surface area contributed by atoms with Crippen molar-refractivity contribution < 1.29 is 9.59 Å². The first-order valence-electron chi connectivity index (χ1n) is 8.71. The van der Waals surface area contributed by atoms with Crippen molar-refractivity contribution in [3.63, 3.8) is 0 Å². The highest BCUT2D eigenvalue weighted by Gasteiger charge is 2.53. The summed E-state index contributed by atoms with van der Waals surface area (Å²) in [5.41, 5.74) is 0.338. The molecule has 5 nitrogen and oxygen atoms in total. The van der Waals surface area contributed by atoms with Crippen molar-refractivity contribution in [3.05, 3.63) is 0 Å². The normalized spacial score (nSPS) is 36.9. The van der Waals surface area contributed by atoms with Gasteiger partial charge >= 0.3 is 0 Å². The van der Waals surface area contributed by atoms with Crippen LogP contribution in [0, 0.1) is 23.2 Å². The number of carbonyl (C=O) groups is 2. The fourth-order valence-corrected chi connectivity index (χ4v) is 5.53. The smallest absolute Gasteiger partial charge is 0.234 e. The van der Waals surface area contributed by atoms with Crippen LogP contribution >= 0.6 is 0 Å². The molecular weight excluding hydrogens is 278 g/mol. The molecule has 124 valence electrons. The highest BCUT2D eigenvalue weighted by atomic mass is 16.2. The topological polar surface area (TPSA) is 70.2 Å². The van der Waals surface area contributed by atoms with Gasteiger partial charge in [-0.05, 0) is 68.6 Å². The van der Waals surface area contributed by atoms with Crippen LogP contribution in [0.25, 0.3) is 0 Å². The van der Waals surface area contributed by atoms with E-state index in [0.717, 1.165) is 17.8 Å². The maximum atomic E-state index is 12.1. The summed E-state index contributed by atoms with van der Waals surface area (Å²) in [5, 5.41) is 8.62. The average molecular weight is 307 g/mol. The lowest BCUT2D eigenvalue weighted by Crippen LogP contribution is -2.56. The van der Waals surface area contributed by atoms with E-state index in [1.54, 1.807) is 7.05 Å². The first-order chi connectivity index (χ1) is 10.5. The number of amides is 2. The van der Waals surface area contributed by atoms with Crippen LogP contribution in [0.3, 0.4) is 0 Å². The molecule has 0 saturated heterocycles. The molecule has 0 aromatic rings.